The van der Waals surface area contributed by atoms with Crippen molar-refractivity contribution in [2.75, 3.05) is 5.73 Å². The monoisotopic (exact) mass is 289 g/mol. The maximum atomic E-state index is 12.1. The summed E-state index contributed by atoms with van der Waals surface area (Å²) in [6.07, 6.45) is 0. The molecule has 0 aromatic heterocycles. The second kappa shape index (κ2) is 6.14. The average molecular weight is 289 g/mol. The first kappa shape index (κ1) is 13.9. The first-order valence-corrected chi connectivity index (χ1v) is 6.96. The average Bonchev–Trinajstić information content (AvgIpc) is 2.57. The number of rotatable bonds is 3. The zero-order valence-electron chi connectivity index (χ0n) is 11.9. The van der Waals surface area contributed by atoms with Crippen LogP contribution in [0.1, 0.15) is 10.4 Å². The largest absolute Gasteiger partial charge is 0.423 e. The van der Waals surface area contributed by atoms with Crippen molar-refractivity contribution in [3.05, 3.63) is 84.4 Å². The number of carbonyl (C=O) groups is 1. The van der Waals surface area contributed by atoms with Crippen LogP contribution in [0.4, 0.5) is 5.69 Å². The van der Waals surface area contributed by atoms with Gasteiger partial charge in [-0.05, 0) is 35.4 Å². The fraction of sp³-hybridized carbons (Fsp3) is 0. The zero-order valence-corrected chi connectivity index (χ0v) is 11.9. The van der Waals surface area contributed by atoms with E-state index in [1.807, 2.05) is 42.5 Å². The molecule has 3 aromatic rings. The Morgan fingerprint density at radius 1 is 0.727 bits per heavy atom. The molecule has 3 aromatic carbocycles. The number of anilines is 1. The van der Waals surface area contributed by atoms with Gasteiger partial charge in [-0.15, -0.1) is 0 Å². The quantitative estimate of drug-likeness (QED) is 0.447. The predicted octanol–water partition coefficient (Wildman–Crippen LogP) is 4.16. The Hall–Kier alpha value is -3.07. The van der Waals surface area contributed by atoms with Crippen molar-refractivity contribution in [3.63, 3.8) is 0 Å². The van der Waals surface area contributed by atoms with Gasteiger partial charge in [0.05, 0.1) is 5.56 Å². The van der Waals surface area contributed by atoms with E-state index in [-0.39, 0.29) is 0 Å². The first-order valence-electron chi connectivity index (χ1n) is 6.96. The number of hydrogen-bond donors (Lipinski definition) is 1. The third-order valence-corrected chi connectivity index (χ3v) is 3.35. The Bertz CT molecular complexity index is 780. The predicted molar refractivity (Wildman–Crippen MR) is 87.7 cm³/mol. The van der Waals surface area contributed by atoms with Crippen molar-refractivity contribution in [3.8, 4) is 16.9 Å². The van der Waals surface area contributed by atoms with Crippen molar-refractivity contribution < 1.29 is 9.53 Å². The van der Waals surface area contributed by atoms with Crippen molar-refractivity contribution in [2.45, 2.75) is 0 Å². The molecule has 2 N–H and O–H groups in total. The lowest BCUT2D eigenvalue weighted by Gasteiger charge is -2.07. The topological polar surface area (TPSA) is 52.3 Å². The molecule has 0 atom stereocenters. The molecular weight excluding hydrogens is 274 g/mol. The van der Waals surface area contributed by atoms with Gasteiger partial charge >= 0.3 is 5.97 Å². The summed E-state index contributed by atoms with van der Waals surface area (Å²) >= 11 is 0. The van der Waals surface area contributed by atoms with Crippen LogP contribution >= 0.6 is 0 Å². The number of nitrogens with two attached hydrogens (primary N) is 1. The Morgan fingerprint density at radius 3 is 2.00 bits per heavy atom. The molecule has 0 saturated heterocycles. The van der Waals surface area contributed by atoms with Crippen molar-refractivity contribution in [1.29, 1.82) is 0 Å². The molecule has 3 nitrogen and oxygen atoms in total. The highest BCUT2D eigenvalue weighted by atomic mass is 16.5. The van der Waals surface area contributed by atoms with Gasteiger partial charge < -0.3 is 10.5 Å². The molecule has 0 fully saturated rings. The van der Waals surface area contributed by atoms with Crippen molar-refractivity contribution in [2.24, 2.45) is 0 Å². The third-order valence-electron chi connectivity index (χ3n) is 3.35. The lowest BCUT2D eigenvalue weighted by atomic mass is 10.1. The third kappa shape index (κ3) is 2.99. The van der Waals surface area contributed by atoms with E-state index >= 15 is 0 Å². The lowest BCUT2D eigenvalue weighted by molar-refractivity contribution is 0.0736. The summed E-state index contributed by atoms with van der Waals surface area (Å²) < 4.78 is 5.35. The van der Waals surface area contributed by atoms with Crippen LogP contribution in [0.25, 0.3) is 11.1 Å². The van der Waals surface area contributed by atoms with Crippen molar-refractivity contribution in [1.82, 2.24) is 0 Å². The molecule has 3 rings (SSSR count). The number of para-hydroxylation sites is 1. The van der Waals surface area contributed by atoms with E-state index in [1.54, 1.807) is 36.4 Å². The summed E-state index contributed by atoms with van der Waals surface area (Å²) in [7, 11) is 0. The normalized spacial score (nSPS) is 10.2. The van der Waals surface area contributed by atoms with E-state index in [0.29, 0.717) is 17.0 Å². The molecule has 0 spiro atoms. The van der Waals surface area contributed by atoms with E-state index in [4.69, 9.17) is 10.5 Å². The van der Waals surface area contributed by atoms with Crippen LogP contribution in [0.15, 0.2) is 78.9 Å². The standard InChI is InChI=1S/C19H15NO2/c20-18-9-5-4-8-17(18)19(21)22-16-12-10-15(11-13-16)14-6-2-1-3-7-14/h1-13H,20H2. The summed E-state index contributed by atoms with van der Waals surface area (Å²) in [5.74, 6) is 0.0403. The van der Waals surface area contributed by atoms with Crippen LogP contribution in [-0.4, -0.2) is 5.97 Å². The smallest absolute Gasteiger partial charge is 0.345 e. The maximum absolute atomic E-state index is 12.1. The number of carbonyl (C=O) groups excluding carboxylic acids is 1. The van der Waals surface area contributed by atoms with Crippen LogP contribution < -0.4 is 10.5 Å². The van der Waals surface area contributed by atoms with E-state index in [1.165, 1.54) is 0 Å². The second-order valence-corrected chi connectivity index (χ2v) is 4.87. The molecule has 0 amide bonds. The summed E-state index contributed by atoms with van der Waals surface area (Å²) in [6.45, 7) is 0. The minimum atomic E-state index is -0.453. The maximum Gasteiger partial charge on any atom is 0.345 e. The van der Waals surface area contributed by atoms with Gasteiger partial charge in [0, 0.05) is 5.69 Å². The summed E-state index contributed by atoms with van der Waals surface area (Å²) in [6, 6.07) is 24.3. The number of benzene rings is 3. The van der Waals surface area contributed by atoms with Gasteiger partial charge in [0.15, 0.2) is 0 Å². The molecule has 0 unspecified atom stereocenters. The Labute approximate surface area is 129 Å². The highest BCUT2D eigenvalue weighted by Gasteiger charge is 2.11. The fourth-order valence-corrected chi connectivity index (χ4v) is 2.19. The van der Waals surface area contributed by atoms with E-state index in [2.05, 4.69) is 0 Å². The highest BCUT2D eigenvalue weighted by Crippen LogP contribution is 2.23. The second-order valence-electron chi connectivity index (χ2n) is 4.87. The van der Waals surface area contributed by atoms with E-state index in [9.17, 15) is 4.79 Å². The minimum absolute atomic E-state index is 0.370. The summed E-state index contributed by atoms with van der Waals surface area (Å²) in [5.41, 5.74) is 8.74. The first-order chi connectivity index (χ1) is 10.7. The molecule has 0 bridgehead atoms. The fourth-order valence-electron chi connectivity index (χ4n) is 2.19. The molecular formula is C19H15NO2. The highest BCUT2D eigenvalue weighted by molar-refractivity contribution is 5.96. The van der Waals surface area contributed by atoms with Crippen LogP contribution in [0.3, 0.4) is 0 Å². The number of esters is 1. The number of nitrogen functional groups attached to an aromatic ring is 1. The Balaban J connectivity index is 1.77. The van der Waals surface area contributed by atoms with Crippen LogP contribution in [0, 0.1) is 0 Å². The molecule has 22 heavy (non-hydrogen) atoms. The van der Waals surface area contributed by atoms with Gasteiger partial charge in [-0.3, -0.25) is 0 Å². The Kier molecular flexibility index (Phi) is 3.88. The molecule has 0 aliphatic rings. The van der Waals surface area contributed by atoms with E-state index in [0.717, 1.165) is 11.1 Å². The van der Waals surface area contributed by atoms with Gasteiger partial charge in [0.2, 0.25) is 0 Å². The van der Waals surface area contributed by atoms with Gasteiger partial charge in [0.1, 0.15) is 5.75 Å². The molecule has 0 aliphatic heterocycles. The lowest BCUT2D eigenvalue weighted by Crippen LogP contribution is -2.10. The van der Waals surface area contributed by atoms with Crippen LogP contribution in [0.5, 0.6) is 5.75 Å². The molecule has 0 radical (unpaired) electrons. The molecule has 0 heterocycles. The van der Waals surface area contributed by atoms with E-state index < -0.39 is 5.97 Å². The van der Waals surface area contributed by atoms with Gasteiger partial charge in [-0.1, -0.05) is 54.6 Å². The summed E-state index contributed by atoms with van der Waals surface area (Å²) in [4.78, 5) is 12.1. The molecule has 108 valence electrons. The minimum Gasteiger partial charge on any atom is -0.423 e. The van der Waals surface area contributed by atoms with Gasteiger partial charge in [0.25, 0.3) is 0 Å². The molecule has 3 heteroatoms. The van der Waals surface area contributed by atoms with Gasteiger partial charge in [-0.2, -0.15) is 0 Å². The zero-order chi connectivity index (χ0) is 15.4. The van der Waals surface area contributed by atoms with Crippen LogP contribution in [0.2, 0.25) is 0 Å². The number of ether oxygens (including phenoxy) is 1. The SMILES string of the molecule is Nc1ccccc1C(=O)Oc1ccc(-c2ccccc2)cc1. The molecule has 0 saturated carbocycles. The molecule has 0 aliphatic carbocycles. The van der Waals surface area contributed by atoms with Crippen molar-refractivity contribution >= 4 is 11.7 Å². The van der Waals surface area contributed by atoms with Gasteiger partial charge in [-0.25, -0.2) is 4.79 Å². The summed E-state index contributed by atoms with van der Waals surface area (Å²) in [5, 5.41) is 0. The Morgan fingerprint density at radius 2 is 1.32 bits per heavy atom. The van der Waals surface area contributed by atoms with Crippen LogP contribution in [-0.2, 0) is 0 Å². The number of hydrogen-bond acceptors (Lipinski definition) is 3.